The van der Waals surface area contributed by atoms with Crippen molar-refractivity contribution in [2.75, 3.05) is 6.61 Å². The molecule has 0 spiro atoms. The van der Waals surface area contributed by atoms with E-state index in [1.54, 1.807) is 30.3 Å². The Morgan fingerprint density at radius 1 is 1.05 bits per heavy atom. The van der Waals surface area contributed by atoms with Gasteiger partial charge in [-0.2, -0.15) is 0 Å². The molecular formula is C16H15Cl2NO2. The second kappa shape index (κ2) is 7.91. The monoisotopic (exact) mass is 323 g/mol. The summed E-state index contributed by atoms with van der Waals surface area (Å²) in [7, 11) is 0. The van der Waals surface area contributed by atoms with Crippen molar-refractivity contribution in [1.29, 1.82) is 0 Å². The number of halogens is 2. The minimum atomic E-state index is -0.0797. The Labute approximate surface area is 133 Å². The summed E-state index contributed by atoms with van der Waals surface area (Å²) in [5, 5.41) is 4.11. The van der Waals surface area contributed by atoms with Crippen LogP contribution < -0.4 is 10.1 Å². The van der Waals surface area contributed by atoms with Crippen molar-refractivity contribution in [3.8, 4) is 5.75 Å². The molecule has 0 saturated carbocycles. The third kappa shape index (κ3) is 5.29. The highest BCUT2D eigenvalue weighted by molar-refractivity contribution is 6.31. The maximum absolute atomic E-state index is 11.7. The summed E-state index contributed by atoms with van der Waals surface area (Å²) in [5.41, 5.74) is 0.895. The molecule has 1 amide bonds. The molecule has 1 N–H and O–H groups in total. The minimum Gasteiger partial charge on any atom is -0.493 e. The molecular weight excluding hydrogens is 309 g/mol. The Hall–Kier alpha value is -1.71. The minimum absolute atomic E-state index is 0.0797. The van der Waals surface area contributed by atoms with Gasteiger partial charge in [0.15, 0.2) is 0 Å². The smallest absolute Gasteiger partial charge is 0.223 e. The summed E-state index contributed by atoms with van der Waals surface area (Å²) >= 11 is 11.8. The lowest BCUT2D eigenvalue weighted by atomic mass is 10.2. The maximum atomic E-state index is 11.7. The molecule has 0 atom stereocenters. The zero-order chi connectivity index (χ0) is 15.1. The van der Waals surface area contributed by atoms with Gasteiger partial charge in [-0.05, 0) is 35.9 Å². The molecule has 2 aromatic carbocycles. The van der Waals surface area contributed by atoms with Crippen LogP contribution in [0.5, 0.6) is 5.75 Å². The summed E-state index contributed by atoms with van der Waals surface area (Å²) < 4.78 is 5.46. The van der Waals surface area contributed by atoms with Crippen molar-refractivity contribution < 1.29 is 9.53 Å². The van der Waals surface area contributed by atoms with Gasteiger partial charge in [0.25, 0.3) is 0 Å². The molecule has 0 saturated heterocycles. The van der Waals surface area contributed by atoms with Crippen molar-refractivity contribution in [2.45, 2.75) is 13.0 Å². The van der Waals surface area contributed by atoms with E-state index in [4.69, 9.17) is 27.9 Å². The molecule has 5 heteroatoms. The highest BCUT2D eigenvalue weighted by atomic mass is 35.5. The zero-order valence-corrected chi connectivity index (χ0v) is 12.8. The SMILES string of the molecule is O=C(CCOc1ccc(Cl)cc1)NCc1ccccc1Cl. The fourth-order valence-electron chi connectivity index (χ4n) is 1.72. The summed E-state index contributed by atoms with van der Waals surface area (Å²) in [5.74, 6) is 0.613. The second-order valence-electron chi connectivity index (χ2n) is 4.42. The molecule has 0 fully saturated rings. The molecule has 0 aromatic heterocycles. The second-order valence-corrected chi connectivity index (χ2v) is 5.26. The van der Waals surface area contributed by atoms with E-state index in [0.29, 0.717) is 28.9 Å². The Kier molecular flexibility index (Phi) is 5.90. The van der Waals surface area contributed by atoms with Crippen LogP contribution in [0.15, 0.2) is 48.5 Å². The number of hydrogen-bond acceptors (Lipinski definition) is 2. The van der Waals surface area contributed by atoms with E-state index in [2.05, 4.69) is 5.32 Å². The number of amides is 1. The normalized spacial score (nSPS) is 10.2. The Balaban J connectivity index is 1.70. The first-order valence-electron chi connectivity index (χ1n) is 6.53. The van der Waals surface area contributed by atoms with E-state index in [9.17, 15) is 4.79 Å². The van der Waals surface area contributed by atoms with E-state index >= 15 is 0 Å². The van der Waals surface area contributed by atoms with Gasteiger partial charge < -0.3 is 10.1 Å². The van der Waals surface area contributed by atoms with Gasteiger partial charge >= 0.3 is 0 Å². The van der Waals surface area contributed by atoms with Crippen LogP contribution in [0.1, 0.15) is 12.0 Å². The first kappa shape index (κ1) is 15.7. The maximum Gasteiger partial charge on any atom is 0.223 e. The highest BCUT2D eigenvalue weighted by Gasteiger charge is 2.04. The molecule has 0 aliphatic carbocycles. The first-order chi connectivity index (χ1) is 10.1. The lowest BCUT2D eigenvalue weighted by Gasteiger charge is -2.08. The van der Waals surface area contributed by atoms with Crippen LogP contribution in [0.2, 0.25) is 10.0 Å². The summed E-state index contributed by atoms with van der Waals surface area (Å²) in [6.45, 7) is 0.732. The van der Waals surface area contributed by atoms with E-state index in [1.165, 1.54) is 0 Å². The quantitative estimate of drug-likeness (QED) is 0.869. The number of carbonyl (C=O) groups excluding carboxylic acids is 1. The fourth-order valence-corrected chi connectivity index (χ4v) is 2.04. The zero-order valence-electron chi connectivity index (χ0n) is 11.3. The topological polar surface area (TPSA) is 38.3 Å². The van der Waals surface area contributed by atoms with Crippen molar-refractivity contribution >= 4 is 29.1 Å². The van der Waals surface area contributed by atoms with Gasteiger partial charge in [0.05, 0.1) is 13.0 Å². The molecule has 0 bridgehead atoms. The van der Waals surface area contributed by atoms with Gasteiger partial charge in [-0.3, -0.25) is 4.79 Å². The largest absolute Gasteiger partial charge is 0.493 e. The van der Waals surface area contributed by atoms with Crippen molar-refractivity contribution in [3.05, 3.63) is 64.1 Å². The molecule has 0 heterocycles. The summed E-state index contributed by atoms with van der Waals surface area (Å²) in [6.07, 6.45) is 0.285. The van der Waals surface area contributed by atoms with Gasteiger partial charge in [0, 0.05) is 16.6 Å². The first-order valence-corrected chi connectivity index (χ1v) is 7.29. The molecule has 21 heavy (non-hydrogen) atoms. The Bertz CT molecular complexity index is 599. The molecule has 2 aromatic rings. The van der Waals surface area contributed by atoms with Crippen LogP contribution in [0, 0.1) is 0 Å². The number of rotatable bonds is 6. The standard InChI is InChI=1S/C16H15Cl2NO2/c17-13-5-7-14(8-6-13)21-10-9-16(20)19-11-12-3-1-2-4-15(12)18/h1-8H,9-11H2,(H,19,20). The van der Waals surface area contributed by atoms with E-state index in [-0.39, 0.29) is 12.3 Å². The lowest BCUT2D eigenvalue weighted by molar-refractivity contribution is -0.121. The molecule has 0 unspecified atom stereocenters. The number of carbonyl (C=O) groups is 1. The Morgan fingerprint density at radius 2 is 1.76 bits per heavy atom. The number of benzene rings is 2. The van der Waals surface area contributed by atoms with Crippen LogP contribution in [-0.2, 0) is 11.3 Å². The van der Waals surface area contributed by atoms with E-state index in [1.807, 2.05) is 18.2 Å². The van der Waals surface area contributed by atoms with Gasteiger partial charge in [-0.25, -0.2) is 0 Å². The van der Waals surface area contributed by atoms with E-state index < -0.39 is 0 Å². The number of nitrogens with one attached hydrogen (secondary N) is 1. The molecule has 2 rings (SSSR count). The summed E-state index contributed by atoms with van der Waals surface area (Å²) in [6, 6.07) is 14.4. The van der Waals surface area contributed by atoms with Gasteiger partial charge in [0.2, 0.25) is 5.91 Å². The predicted octanol–water partition coefficient (Wildman–Crippen LogP) is 4.08. The molecule has 110 valence electrons. The van der Waals surface area contributed by atoms with Crippen LogP contribution in [0.4, 0.5) is 0 Å². The van der Waals surface area contributed by atoms with Crippen LogP contribution in [-0.4, -0.2) is 12.5 Å². The molecule has 0 aliphatic heterocycles. The summed E-state index contributed by atoms with van der Waals surface area (Å²) in [4.78, 5) is 11.7. The fraction of sp³-hybridized carbons (Fsp3) is 0.188. The average Bonchev–Trinajstić information content (AvgIpc) is 2.48. The molecule has 0 aliphatic rings. The third-order valence-electron chi connectivity index (χ3n) is 2.85. The third-order valence-corrected chi connectivity index (χ3v) is 3.47. The molecule has 3 nitrogen and oxygen atoms in total. The Morgan fingerprint density at radius 3 is 2.48 bits per heavy atom. The van der Waals surface area contributed by atoms with Crippen molar-refractivity contribution in [2.24, 2.45) is 0 Å². The van der Waals surface area contributed by atoms with Crippen LogP contribution in [0.3, 0.4) is 0 Å². The predicted molar refractivity (Wildman–Crippen MR) is 84.9 cm³/mol. The molecule has 0 radical (unpaired) electrons. The number of hydrogen-bond donors (Lipinski definition) is 1. The van der Waals surface area contributed by atoms with Crippen molar-refractivity contribution in [1.82, 2.24) is 5.32 Å². The van der Waals surface area contributed by atoms with E-state index in [0.717, 1.165) is 5.56 Å². The van der Waals surface area contributed by atoms with Gasteiger partial charge in [-0.15, -0.1) is 0 Å². The number of ether oxygens (including phenoxy) is 1. The highest BCUT2D eigenvalue weighted by Crippen LogP contribution is 2.16. The van der Waals surface area contributed by atoms with Gasteiger partial charge in [-0.1, -0.05) is 41.4 Å². The van der Waals surface area contributed by atoms with Crippen LogP contribution >= 0.6 is 23.2 Å². The van der Waals surface area contributed by atoms with Gasteiger partial charge in [0.1, 0.15) is 5.75 Å². The van der Waals surface area contributed by atoms with Crippen molar-refractivity contribution in [3.63, 3.8) is 0 Å². The van der Waals surface area contributed by atoms with Crippen LogP contribution in [0.25, 0.3) is 0 Å². The lowest BCUT2D eigenvalue weighted by Crippen LogP contribution is -2.24. The average molecular weight is 324 g/mol.